The summed E-state index contributed by atoms with van der Waals surface area (Å²) < 4.78 is 0. The molecule has 2 aromatic rings. The van der Waals surface area contributed by atoms with Crippen LogP contribution in [-0.4, -0.2) is 12.6 Å². The van der Waals surface area contributed by atoms with E-state index in [0.29, 0.717) is 0 Å². The zero-order valence-electron chi connectivity index (χ0n) is 29.9. The molecule has 0 aliphatic carbocycles. The van der Waals surface area contributed by atoms with Gasteiger partial charge in [0.15, 0.2) is 0 Å². The van der Waals surface area contributed by atoms with Crippen LogP contribution in [0.1, 0.15) is 158 Å². The quantitative estimate of drug-likeness (QED) is 0.309. The zero-order valence-corrected chi connectivity index (χ0v) is 31.7. The fourth-order valence-corrected chi connectivity index (χ4v) is 18.4. The van der Waals surface area contributed by atoms with Gasteiger partial charge in [0.1, 0.15) is 18.8 Å². The average Bonchev–Trinajstić information content (AvgIpc) is 3.40. The average molecular weight is 582 g/mol. The summed E-state index contributed by atoms with van der Waals surface area (Å²) in [6.07, 6.45) is 0. The van der Waals surface area contributed by atoms with E-state index < -0.39 is 6.95 Å². The van der Waals surface area contributed by atoms with Crippen LogP contribution in [0.2, 0.25) is 0 Å². The number of hydrogen-bond acceptors (Lipinski definition) is 0. The van der Waals surface area contributed by atoms with Crippen molar-refractivity contribution in [3.05, 3.63) is 57.6 Å². The van der Waals surface area contributed by atoms with E-state index in [1.165, 1.54) is 17.0 Å². The summed E-state index contributed by atoms with van der Waals surface area (Å²) in [5.41, 5.74) is 10.2. The Labute approximate surface area is 251 Å². The van der Waals surface area contributed by atoms with Crippen molar-refractivity contribution < 1.29 is 0 Å². The molecule has 0 bridgehead atoms. The minimum Gasteiger partial charge on any atom is -0.0561 e. The Morgan fingerprint density at radius 2 is 0.725 bits per heavy atom. The van der Waals surface area contributed by atoms with Crippen molar-refractivity contribution in [1.82, 2.24) is 0 Å². The number of rotatable bonds is 2. The molecule has 1 heterocycles. The Balaban J connectivity index is 2.45. The third-order valence-corrected chi connectivity index (χ3v) is 19.3. The van der Waals surface area contributed by atoms with E-state index in [2.05, 4.69) is 156 Å². The van der Waals surface area contributed by atoms with E-state index in [9.17, 15) is 0 Å². The Kier molecular flexibility index (Phi) is 8.38. The molecule has 2 heteroatoms. The first-order valence-electron chi connectivity index (χ1n) is 15.5. The molecule has 3 rings (SSSR count). The van der Waals surface area contributed by atoms with Crippen LogP contribution in [0, 0.1) is 0 Å². The Hall–Kier alpha value is -0.700. The molecule has 0 aromatic heterocycles. The van der Waals surface area contributed by atoms with Gasteiger partial charge in [-0.25, -0.2) is 0 Å². The molecule has 1 fully saturated rings. The monoisotopic (exact) mass is 581 g/mol. The molecule has 1 aliphatic rings. The zero-order chi connectivity index (χ0) is 31.2. The van der Waals surface area contributed by atoms with Gasteiger partial charge in [-0.3, -0.25) is 0 Å². The molecule has 0 N–H and O–H groups in total. The van der Waals surface area contributed by atoms with Crippen LogP contribution in [0.25, 0.3) is 0 Å². The maximum Gasteiger partial charge on any atom is 0.132 e. The van der Waals surface area contributed by atoms with Crippen LogP contribution in [0.5, 0.6) is 0 Å². The summed E-state index contributed by atoms with van der Waals surface area (Å²) in [6, 6.07) is 10.4. The fraction of sp³-hybridized carbons (Fsp3) is 0.684. The van der Waals surface area contributed by atoms with Gasteiger partial charge in [0.05, 0.1) is 13.6 Å². The van der Waals surface area contributed by atoms with Gasteiger partial charge in [-0.1, -0.05) is 149 Å². The highest BCUT2D eigenvalue weighted by Gasteiger charge is 2.67. The van der Waals surface area contributed by atoms with Gasteiger partial charge in [-0.2, -0.15) is 0 Å². The van der Waals surface area contributed by atoms with Crippen LogP contribution >= 0.6 is 14.6 Å². The highest BCUT2D eigenvalue weighted by atomic mass is 32.1. The number of benzene rings is 2. The van der Waals surface area contributed by atoms with E-state index in [0.717, 1.165) is 0 Å². The van der Waals surface area contributed by atoms with Crippen LogP contribution in [0.4, 0.5) is 0 Å². The van der Waals surface area contributed by atoms with Crippen molar-refractivity contribution in [3.8, 4) is 0 Å². The van der Waals surface area contributed by atoms with Gasteiger partial charge in [0.25, 0.3) is 0 Å². The van der Waals surface area contributed by atoms with Crippen molar-refractivity contribution >= 4 is 25.2 Å². The lowest BCUT2D eigenvalue weighted by molar-refractivity contribution is 0.552. The minimum absolute atomic E-state index is 0.110. The molecule has 0 saturated carbocycles. The predicted octanol–water partition coefficient (Wildman–Crippen LogP) is 11.4. The van der Waals surface area contributed by atoms with Crippen molar-refractivity contribution in [2.75, 3.05) is 12.6 Å². The Bertz CT molecular complexity index is 1200. The Morgan fingerprint density at radius 1 is 0.450 bits per heavy atom. The van der Waals surface area contributed by atoms with E-state index in [-0.39, 0.29) is 40.1 Å². The van der Waals surface area contributed by atoms with Gasteiger partial charge in [-0.15, -0.1) is 0 Å². The lowest BCUT2D eigenvalue weighted by atomic mass is 9.75. The van der Waals surface area contributed by atoms with Crippen LogP contribution in [0.15, 0.2) is 24.3 Å². The van der Waals surface area contributed by atoms with Crippen molar-refractivity contribution in [2.45, 2.75) is 157 Å². The smallest absolute Gasteiger partial charge is 0.0561 e. The first-order chi connectivity index (χ1) is 17.5. The van der Waals surface area contributed by atoms with E-state index in [1.807, 2.05) is 0 Å². The Morgan fingerprint density at radius 3 is 0.975 bits per heavy atom. The second-order valence-corrected chi connectivity index (χ2v) is 28.2. The maximum absolute atomic E-state index is 2.73. The molecule has 0 spiro atoms. The molecule has 0 nitrogen and oxygen atoms in total. The van der Waals surface area contributed by atoms with Crippen molar-refractivity contribution in [3.63, 3.8) is 0 Å². The molecule has 2 aromatic carbocycles. The minimum atomic E-state index is -1.37. The molecule has 1 saturated heterocycles. The third kappa shape index (κ3) is 6.60. The first-order valence-corrected chi connectivity index (χ1v) is 20.2. The first kappa shape index (κ1) is 33.8. The van der Waals surface area contributed by atoms with Crippen molar-refractivity contribution in [1.29, 1.82) is 0 Å². The standard InChI is InChI=1S/C38H63P2/c1-33(2,3)25-20-27(35(7,8)9)31(28(21-25)36(10,11)12)39-24-40(39,19)32-29(37(13,14)15)22-26(34(4,5)6)23-30(32)38(16,17)18/h20-23H,24H2,1-19H3/q+1. The second-order valence-electron chi connectivity index (χ2n) is 19.0. The molecular weight excluding hydrogens is 518 g/mol. The summed E-state index contributed by atoms with van der Waals surface area (Å²) in [5, 5.41) is 3.52. The molecular formula is C38H63P2+. The summed E-state index contributed by atoms with van der Waals surface area (Å²) >= 11 is 0. The van der Waals surface area contributed by atoms with Gasteiger partial charge in [0.2, 0.25) is 0 Å². The molecule has 0 amide bonds. The second kappa shape index (κ2) is 9.92. The largest absolute Gasteiger partial charge is 0.132 e. The molecule has 2 unspecified atom stereocenters. The predicted molar refractivity (Wildman–Crippen MR) is 189 cm³/mol. The maximum atomic E-state index is 2.73. The third-order valence-electron chi connectivity index (χ3n) is 8.78. The van der Waals surface area contributed by atoms with Crippen LogP contribution in [-0.2, 0) is 32.5 Å². The lowest BCUT2D eigenvalue weighted by Gasteiger charge is -2.34. The van der Waals surface area contributed by atoms with E-state index in [4.69, 9.17) is 0 Å². The summed E-state index contributed by atoms with van der Waals surface area (Å²) in [6.45, 7) is 45.0. The molecule has 2 atom stereocenters. The summed E-state index contributed by atoms with van der Waals surface area (Å²) in [7, 11) is -0.239. The van der Waals surface area contributed by atoms with Gasteiger partial charge >= 0.3 is 0 Å². The molecule has 1 aliphatic heterocycles. The van der Waals surface area contributed by atoms with Gasteiger partial charge in [-0.05, 0) is 54.7 Å². The van der Waals surface area contributed by atoms with E-state index >= 15 is 0 Å². The summed E-state index contributed by atoms with van der Waals surface area (Å²) in [5.74, 6) is 1.39. The summed E-state index contributed by atoms with van der Waals surface area (Å²) in [4.78, 5) is 0. The van der Waals surface area contributed by atoms with Crippen molar-refractivity contribution in [2.24, 2.45) is 0 Å². The highest BCUT2D eigenvalue weighted by Crippen LogP contribution is 3.00. The lowest BCUT2D eigenvalue weighted by Crippen LogP contribution is -2.33. The van der Waals surface area contributed by atoms with Crippen LogP contribution in [0.3, 0.4) is 0 Å². The number of hydrogen-bond donors (Lipinski definition) is 0. The molecule has 224 valence electrons. The normalized spacial score (nSPS) is 21.1. The SMILES string of the molecule is CC(C)(C)c1cc(C(C)(C)C)c(P2C[P+]2(C)c2c(C(C)(C)C)cc(C(C)(C)C)cc2C(C)(C)C)c(C(C)(C)C)c1. The van der Waals surface area contributed by atoms with Gasteiger partial charge in [0, 0.05) is 16.4 Å². The molecule has 0 radical (unpaired) electrons. The molecule has 40 heavy (non-hydrogen) atoms. The van der Waals surface area contributed by atoms with Crippen LogP contribution < -0.4 is 10.6 Å². The fourth-order valence-electron chi connectivity index (χ4n) is 5.93. The topological polar surface area (TPSA) is 0 Å². The van der Waals surface area contributed by atoms with E-state index in [1.54, 1.807) is 32.9 Å². The highest BCUT2D eigenvalue weighted by molar-refractivity contribution is 8.59. The van der Waals surface area contributed by atoms with Gasteiger partial charge < -0.3 is 0 Å².